The van der Waals surface area contributed by atoms with Crippen LogP contribution in [-0.2, 0) is 17.9 Å². The maximum atomic E-state index is 12.5. The normalized spacial score (nSPS) is 27.4. The number of benzene rings is 1. The van der Waals surface area contributed by atoms with Gasteiger partial charge in [-0.05, 0) is 87.2 Å². The van der Waals surface area contributed by atoms with E-state index < -0.39 is 5.60 Å². The Bertz CT molecular complexity index is 1190. The summed E-state index contributed by atoms with van der Waals surface area (Å²) in [6, 6.07) is 10.1. The van der Waals surface area contributed by atoms with Crippen LogP contribution in [0.25, 0.3) is 0 Å². The third-order valence-corrected chi connectivity index (χ3v) is 8.28. The molecule has 4 N–H and O–H groups in total. The van der Waals surface area contributed by atoms with Gasteiger partial charge in [0.1, 0.15) is 23.1 Å². The minimum absolute atomic E-state index is 0.0200. The second kappa shape index (κ2) is 10.4. The summed E-state index contributed by atoms with van der Waals surface area (Å²) in [7, 11) is 0. The number of amides is 1. The summed E-state index contributed by atoms with van der Waals surface area (Å²) in [6.45, 7) is 6.99. The number of aliphatic hydroxyl groups is 1. The summed E-state index contributed by atoms with van der Waals surface area (Å²) in [5.74, 6) is 2.60. The molecule has 1 aromatic carbocycles. The van der Waals surface area contributed by atoms with Crippen LogP contribution in [0.3, 0.4) is 0 Å². The maximum Gasteiger partial charge on any atom is 0.407 e. The summed E-state index contributed by atoms with van der Waals surface area (Å²) < 4.78 is 5.55. The molecule has 4 saturated carbocycles. The van der Waals surface area contributed by atoms with Crippen molar-refractivity contribution >= 4 is 17.9 Å². The van der Waals surface area contributed by atoms with E-state index in [4.69, 9.17) is 4.74 Å². The molecular weight excluding hydrogens is 480 g/mol. The number of ether oxygens (including phenoxy) is 1. The first kappa shape index (κ1) is 26.2. The quantitative estimate of drug-likeness (QED) is 0.399. The van der Waals surface area contributed by atoms with E-state index in [2.05, 4.69) is 32.0 Å². The lowest BCUT2D eigenvalue weighted by Gasteiger charge is -2.60. The van der Waals surface area contributed by atoms with Crippen LogP contribution in [0.1, 0.15) is 69.6 Å². The Kier molecular flexibility index (Phi) is 7.19. The largest absolute Gasteiger partial charge is 0.444 e. The van der Waals surface area contributed by atoms with Crippen LogP contribution < -0.4 is 16.0 Å². The van der Waals surface area contributed by atoms with Crippen LogP contribution in [0.5, 0.6) is 0 Å². The van der Waals surface area contributed by atoms with E-state index in [9.17, 15) is 15.2 Å². The van der Waals surface area contributed by atoms with Crippen molar-refractivity contribution < 1.29 is 14.6 Å². The number of alkyl carbamates (subject to hydrolysis) is 1. The number of anilines is 2. The fourth-order valence-electron chi connectivity index (χ4n) is 6.99. The molecule has 0 spiro atoms. The van der Waals surface area contributed by atoms with Crippen LogP contribution in [0.15, 0.2) is 30.5 Å². The van der Waals surface area contributed by atoms with Gasteiger partial charge in [-0.15, -0.1) is 0 Å². The lowest BCUT2D eigenvalue weighted by atomic mass is 9.48. The number of aromatic nitrogens is 2. The first-order chi connectivity index (χ1) is 18.1. The lowest BCUT2D eigenvalue weighted by molar-refractivity contribution is -0.0703. The topological polar surface area (TPSA) is 132 Å². The molecule has 38 heavy (non-hydrogen) atoms. The third-order valence-electron chi connectivity index (χ3n) is 8.28. The number of hydrogen-bond acceptors (Lipinski definition) is 8. The standard InChI is InChI=1S/C29H38N6O3/c1-28(2,3)38-27(37)34-24-21-8-20-9-22(24)12-29(10-20,11-21)17-33-25-23(13-30)15-32-26(35-25)31-14-18-4-6-19(16-36)7-5-18/h4-7,15,20-22,24,36H,8-12,14,16-17H2,1-3H3,(H,34,37)(H2,31,32,33,35)/t20?,21-,22+,24-,29-. The highest BCUT2D eigenvalue weighted by Gasteiger charge is 2.55. The second-order valence-electron chi connectivity index (χ2n) is 12.4. The fourth-order valence-corrected chi connectivity index (χ4v) is 6.99. The van der Waals surface area contributed by atoms with E-state index in [0.29, 0.717) is 41.6 Å². The van der Waals surface area contributed by atoms with Gasteiger partial charge < -0.3 is 25.8 Å². The minimum Gasteiger partial charge on any atom is -0.444 e. The van der Waals surface area contributed by atoms with Crippen LogP contribution in [0.2, 0.25) is 0 Å². The molecule has 0 radical (unpaired) electrons. The van der Waals surface area contributed by atoms with Crippen molar-refractivity contribution in [3.8, 4) is 6.07 Å². The zero-order valence-corrected chi connectivity index (χ0v) is 22.5. The van der Waals surface area contributed by atoms with Gasteiger partial charge in [-0.2, -0.15) is 10.2 Å². The monoisotopic (exact) mass is 518 g/mol. The number of nitrogens with one attached hydrogen (secondary N) is 3. The number of rotatable bonds is 8. The zero-order chi connectivity index (χ0) is 26.9. The van der Waals surface area contributed by atoms with E-state index in [1.165, 1.54) is 6.42 Å². The van der Waals surface area contributed by atoms with Crippen molar-refractivity contribution in [2.75, 3.05) is 17.2 Å². The second-order valence-corrected chi connectivity index (χ2v) is 12.4. The molecular formula is C29H38N6O3. The van der Waals surface area contributed by atoms with Gasteiger partial charge in [0.25, 0.3) is 0 Å². The Balaban J connectivity index is 1.22. The number of aliphatic hydroxyl groups excluding tert-OH is 1. The van der Waals surface area contributed by atoms with Crippen molar-refractivity contribution in [1.82, 2.24) is 15.3 Å². The van der Waals surface area contributed by atoms with Crippen LogP contribution >= 0.6 is 0 Å². The Morgan fingerprint density at radius 2 is 1.82 bits per heavy atom. The molecule has 1 aromatic heterocycles. The highest BCUT2D eigenvalue weighted by Crippen LogP contribution is 2.60. The average Bonchev–Trinajstić information content (AvgIpc) is 2.87. The molecule has 202 valence electrons. The molecule has 2 aromatic rings. The number of carbonyl (C=O) groups excluding carboxylic acids is 1. The molecule has 4 bridgehead atoms. The molecule has 9 nitrogen and oxygen atoms in total. The van der Waals surface area contributed by atoms with Gasteiger partial charge in [0.15, 0.2) is 0 Å². The molecule has 1 unspecified atom stereocenters. The Labute approximate surface area is 224 Å². The summed E-state index contributed by atoms with van der Waals surface area (Å²) in [5, 5.41) is 28.8. The highest BCUT2D eigenvalue weighted by molar-refractivity contribution is 5.68. The van der Waals surface area contributed by atoms with Gasteiger partial charge in [-0.1, -0.05) is 24.3 Å². The smallest absolute Gasteiger partial charge is 0.407 e. The van der Waals surface area contributed by atoms with Gasteiger partial charge in [-0.3, -0.25) is 0 Å². The van der Waals surface area contributed by atoms with Gasteiger partial charge in [0.05, 0.1) is 12.8 Å². The summed E-state index contributed by atoms with van der Waals surface area (Å²) in [4.78, 5) is 21.5. The Hall–Kier alpha value is -3.38. The molecule has 4 fully saturated rings. The molecule has 9 heteroatoms. The number of nitriles is 1. The van der Waals surface area contributed by atoms with Crippen molar-refractivity contribution in [3.05, 3.63) is 47.2 Å². The molecule has 4 aliphatic carbocycles. The minimum atomic E-state index is -0.505. The molecule has 4 aliphatic rings. The average molecular weight is 519 g/mol. The third kappa shape index (κ3) is 5.86. The summed E-state index contributed by atoms with van der Waals surface area (Å²) >= 11 is 0. The highest BCUT2D eigenvalue weighted by atomic mass is 16.6. The predicted molar refractivity (Wildman–Crippen MR) is 144 cm³/mol. The fraction of sp³-hybridized carbons (Fsp3) is 0.586. The van der Waals surface area contributed by atoms with Crippen molar-refractivity contribution in [3.63, 3.8) is 0 Å². The first-order valence-corrected chi connectivity index (χ1v) is 13.6. The van der Waals surface area contributed by atoms with Crippen molar-refractivity contribution in [2.24, 2.45) is 23.2 Å². The lowest BCUT2D eigenvalue weighted by Crippen LogP contribution is -2.60. The Morgan fingerprint density at radius 1 is 1.13 bits per heavy atom. The molecule has 0 aliphatic heterocycles. The number of hydrogen-bond donors (Lipinski definition) is 4. The predicted octanol–water partition coefficient (Wildman–Crippen LogP) is 4.58. The van der Waals surface area contributed by atoms with Gasteiger partial charge in [-0.25, -0.2) is 9.78 Å². The van der Waals surface area contributed by atoms with E-state index in [-0.39, 0.29) is 24.2 Å². The molecule has 0 saturated heterocycles. The molecule has 5 atom stereocenters. The molecule has 6 rings (SSSR count). The zero-order valence-electron chi connectivity index (χ0n) is 22.5. The van der Waals surface area contributed by atoms with E-state index in [1.807, 2.05) is 45.0 Å². The summed E-state index contributed by atoms with van der Waals surface area (Å²) in [6.07, 6.45) is 6.84. The maximum absolute atomic E-state index is 12.5. The van der Waals surface area contributed by atoms with Crippen LogP contribution in [-0.4, -0.2) is 39.4 Å². The van der Waals surface area contributed by atoms with Crippen molar-refractivity contribution in [2.45, 2.75) is 77.7 Å². The SMILES string of the molecule is CC(C)(C)OC(=O)N[C@@H]1[C@@H]2CC3C[C@H]1C[C@@](CNc1nc(NCc4ccc(CO)cc4)ncc1C#N)(C3)C2. The number of nitrogens with zero attached hydrogens (tertiary/aromatic N) is 3. The van der Waals surface area contributed by atoms with Crippen LogP contribution in [0.4, 0.5) is 16.6 Å². The van der Waals surface area contributed by atoms with E-state index in [0.717, 1.165) is 43.4 Å². The van der Waals surface area contributed by atoms with Gasteiger partial charge >= 0.3 is 6.09 Å². The van der Waals surface area contributed by atoms with E-state index in [1.54, 1.807) is 6.20 Å². The molecule has 1 amide bonds. The van der Waals surface area contributed by atoms with Crippen LogP contribution in [0, 0.1) is 34.5 Å². The number of carbonyl (C=O) groups is 1. The van der Waals surface area contributed by atoms with Gasteiger partial charge in [0.2, 0.25) is 5.95 Å². The Morgan fingerprint density at radius 3 is 2.45 bits per heavy atom. The molecule has 1 heterocycles. The van der Waals surface area contributed by atoms with E-state index >= 15 is 0 Å². The van der Waals surface area contributed by atoms with Gasteiger partial charge in [0, 0.05) is 19.1 Å². The summed E-state index contributed by atoms with van der Waals surface area (Å²) in [5.41, 5.74) is 1.98. The van der Waals surface area contributed by atoms with Crippen molar-refractivity contribution in [1.29, 1.82) is 5.26 Å². The first-order valence-electron chi connectivity index (χ1n) is 13.6.